The molecule has 1 N–H and O–H groups in total. The van der Waals surface area contributed by atoms with E-state index in [0.29, 0.717) is 6.04 Å². The Labute approximate surface area is 124 Å². The van der Waals surface area contributed by atoms with E-state index in [0.717, 1.165) is 6.04 Å². The van der Waals surface area contributed by atoms with E-state index in [1.807, 2.05) is 0 Å². The molecule has 2 rings (SSSR count). The second kappa shape index (κ2) is 8.43. The van der Waals surface area contributed by atoms with Crippen LogP contribution in [0.25, 0.3) is 0 Å². The zero-order valence-corrected chi connectivity index (χ0v) is 13.1. The van der Waals surface area contributed by atoms with Crippen molar-refractivity contribution >= 4 is 0 Å². The number of unbranched alkanes of at least 4 members (excludes halogenated alkanes) is 1. The highest BCUT2D eigenvalue weighted by Crippen LogP contribution is 2.20. The van der Waals surface area contributed by atoms with E-state index in [2.05, 4.69) is 54.5 Å². The van der Waals surface area contributed by atoms with E-state index in [1.54, 1.807) is 0 Å². The minimum Gasteiger partial charge on any atom is -0.316 e. The molecule has 2 atom stereocenters. The van der Waals surface area contributed by atoms with Crippen molar-refractivity contribution in [2.45, 2.75) is 57.5 Å². The molecule has 2 nitrogen and oxygen atoms in total. The van der Waals surface area contributed by atoms with Gasteiger partial charge in [0.05, 0.1) is 0 Å². The molecule has 1 fully saturated rings. The van der Waals surface area contributed by atoms with Crippen molar-refractivity contribution in [3.63, 3.8) is 0 Å². The molecule has 0 saturated carbocycles. The highest BCUT2D eigenvalue weighted by atomic mass is 15.2. The number of aryl methyl sites for hydroxylation is 1. The molecule has 0 aromatic heterocycles. The Balaban J connectivity index is 1.71. The number of nitrogens with one attached hydrogen (secondary N) is 1. The SMILES string of the molecule is CNC(C)C1CCCCN1CCCCc1ccccc1. The number of piperidine rings is 1. The summed E-state index contributed by atoms with van der Waals surface area (Å²) in [6.45, 7) is 4.89. The first-order chi connectivity index (χ1) is 9.81. The third kappa shape index (κ3) is 4.60. The maximum atomic E-state index is 3.44. The third-order valence-electron chi connectivity index (χ3n) is 4.70. The van der Waals surface area contributed by atoms with Crippen LogP contribution in [0.1, 0.15) is 44.6 Å². The van der Waals surface area contributed by atoms with Crippen LogP contribution >= 0.6 is 0 Å². The average Bonchev–Trinajstić information content (AvgIpc) is 2.52. The molecule has 0 amide bonds. The smallest absolute Gasteiger partial charge is 0.0246 e. The Morgan fingerprint density at radius 1 is 1.20 bits per heavy atom. The third-order valence-corrected chi connectivity index (χ3v) is 4.70. The number of hydrogen-bond acceptors (Lipinski definition) is 2. The van der Waals surface area contributed by atoms with Gasteiger partial charge in [0.25, 0.3) is 0 Å². The van der Waals surface area contributed by atoms with Gasteiger partial charge in [-0.3, -0.25) is 4.90 Å². The van der Waals surface area contributed by atoms with Crippen molar-refractivity contribution in [2.75, 3.05) is 20.1 Å². The largest absolute Gasteiger partial charge is 0.316 e. The monoisotopic (exact) mass is 274 g/mol. The molecule has 112 valence electrons. The molecule has 0 radical (unpaired) electrons. The maximum absolute atomic E-state index is 3.44. The van der Waals surface area contributed by atoms with Crippen molar-refractivity contribution in [3.05, 3.63) is 35.9 Å². The van der Waals surface area contributed by atoms with Crippen molar-refractivity contribution < 1.29 is 0 Å². The first-order valence-corrected chi connectivity index (χ1v) is 8.26. The zero-order chi connectivity index (χ0) is 14.2. The zero-order valence-electron chi connectivity index (χ0n) is 13.1. The first kappa shape index (κ1) is 15.5. The van der Waals surface area contributed by atoms with Crippen molar-refractivity contribution in [1.82, 2.24) is 10.2 Å². The van der Waals surface area contributed by atoms with Crippen LogP contribution in [0.4, 0.5) is 0 Å². The predicted molar refractivity (Wildman–Crippen MR) is 87.1 cm³/mol. The van der Waals surface area contributed by atoms with E-state index < -0.39 is 0 Å². The quantitative estimate of drug-likeness (QED) is 0.766. The molecular formula is C18H30N2. The minimum atomic E-state index is 0.615. The molecular weight excluding hydrogens is 244 g/mol. The van der Waals surface area contributed by atoms with Crippen LogP contribution < -0.4 is 5.32 Å². The standard InChI is InChI=1S/C18H30N2/c1-16(19-2)18-13-7-9-15-20(18)14-8-6-12-17-10-4-3-5-11-17/h3-5,10-11,16,18-19H,6-9,12-15H2,1-2H3. The van der Waals surface area contributed by atoms with Crippen LogP contribution in [0, 0.1) is 0 Å². The van der Waals surface area contributed by atoms with Gasteiger partial charge in [-0.2, -0.15) is 0 Å². The summed E-state index contributed by atoms with van der Waals surface area (Å²) in [5.74, 6) is 0. The summed E-state index contributed by atoms with van der Waals surface area (Å²) in [6, 6.07) is 12.2. The predicted octanol–water partition coefficient (Wildman–Crippen LogP) is 3.47. The van der Waals surface area contributed by atoms with Gasteiger partial charge in [-0.15, -0.1) is 0 Å². The van der Waals surface area contributed by atoms with E-state index in [-0.39, 0.29) is 0 Å². The van der Waals surface area contributed by atoms with Gasteiger partial charge in [-0.25, -0.2) is 0 Å². The van der Waals surface area contributed by atoms with Gasteiger partial charge >= 0.3 is 0 Å². The molecule has 1 aliphatic heterocycles. The highest BCUT2D eigenvalue weighted by molar-refractivity contribution is 5.14. The summed E-state index contributed by atoms with van der Waals surface area (Å²) in [7, 11) is 2.09. The van der Waals surface area contributed by atoms with E-state index in [1.165, 1.54) is 57.2 Å². The summed E-state index contributed by atoms with van der Waals surface area (Å²) < 4.78 is 0. The molecule has 0 spiro atoms. The fourth-order valence-electron chi connectivity index (χ4n) is 3.34. The number of nitrogens with zero attached hydrogens (tertiary/aromatic N) is 1. The molecule has 0 aliphatic carbocycles. The van der Waals surface area contributed by atoms with Gasteiger partial charge in [0.15, 0.2) is 0 Å². The molecule has 0 bridgehead atoms. The van der Waals surface area contributed by atoms with Gasteiger partial charge in [-0.05, 0) is 64.7 Å². The Kier molecular flexibility index (Phi) is 6.55. The topological polar surface area (TPSA) is 15.3 Å². The highest BCUT2D eigenvalue weighted by Gasteiger charge is 2.25. The Morgan fingerprint density at radius 2 is 2.00 bits per heavy atom. The van der Waals surface area contributed by atoms with Crippen LogP contribution in [-0.2, 0) is 6.42 Å². The number of rotatable bonds is 7. The molecule has 2 unspecified atom stereocenters. The lowest BCUT2D eigenvalue weighted by Crippen LogP contribution is -2.50. The lowest BCUT2D eigenvalue weighted by Gasteiger charge is -2.39. The number of likely N-dealkylation sites (tertiary alicyclic amines) is 1. The lowest BCUT2D eigenvalue weighted by molar-refractivity contribution is 0.120. The molecule has 1 aliphatic rings. The first-order valence-electron chi connectivity index (χ1n) is 8.26. The summed E-state index contributed by atoms with van der Waals surface area (Å²) in [6.07, 6.45) is 7.99. The molecule has 1 saturated heterocycles. The van der Waals surface area contributed by atoms with Crippen LogP contribution in [-0.4, -0.2) is 37.1 Å². The number of benzene rings is 1. The van der Waals surface area contributed by atoms with E-state index in [4.69, 9.17) is 0 Å². The van der Waals surface area contributed by atoms with Gasteiger partial charge < -0.3 is 5.32 Å². The summed E-state index contributed by atoms with van der Waals surface area (Å²) in [5, 5.41) is 3.44. The summed E-state index contributed by atoms with van der Waals surface area (Å²) in [5.41, 5.74) is 1.48. The van der Waals surface area contributed by atoms with Crippen LogP contribution in [0.15, 0.2) is 30.3 Å². The average molecular weight is 274 g/mol. The van der Waals surface area contributed by atoms with Gasteiger partial charge in [0.2, 0.25) is 0 Å². The summed E-state index contributed by atoms with van der Waals surface area (Å²) in [4.78, 5) is 2.72. The second-order valence-corrected chi connectivity index (χ2v) is 6.12. The Bertz CT molecular complexity index is 363. The normalized spacial score (nSPS) is 21.8. The van der Waals surface area contributed by atoms with Gasteiger partial charge in [0, 0.05) is 12.1 Å². The van der Waals surface area contributed by atoms with E-state index in [9.17, 15) is 0 Å². The van der Waals surface area contributed by atoms with Crippen molar-refractivity contribution in [2.24, 2.45) is 0 Å². The van der Waals surface area contributed by atoms with Crippen LogP contribution in [0.2, 0.25) is 0 Å². The Hall–Kier alpha value is -0.860. The lowest BCUT2D eigenvalue weighted by atomic mass is 9.96. The van der Waals surface area contributed by atoms with Gasteiger partial charge in [0.1, 0.15) is 0 Å². The maximum Gasteiger partial charge on any atom is 0.0246 e. The minimum absolute atomic E-state index is 0.615. The van der Waals surface area contributed by atoms with Gasteiger partial charge in [-0.1, -0.05) is 36.8 Å². The second-order valence-electron chi connectivity index (χ2n) is 6.12. The molecule has 1 aromatic carbocycles. The fourth-order valence-corrected chi connectivity index (χ4v) is 3.34. The fraction of sp³-hybridized carbons (Fsp3) is 0.667. The summed E-state index contributed by atoms with van der Waals surface area (Å²) >= 11 is 0. The Morgan fingerprint density at radius 3 is 2.75 bits per heavy atom. The number of hydrogen-bond donors (Lipinski definition) is 1. The molecule has 2 heteroatoms. The van der Waals surface area contributed by atoms with Crippen LogP contribution in [0.5, 0.6) is 0 Å². The van der Waals surface area contributed by atoms with Crippen molar-refractivity contribution in [1.29, 1.82) is 0 Å². The number of likely N-dealkylation sites (N-methyl/N-ethyl adjacent to an activating group) is 1. The molecule has 1 aromatic rings. The molecule has 20 heavy (non-hydrogen) atoms. The van der Waals surface area contributed by atoms with Crippen molar-refractivity contribution in [3.8, 4) is 0 Å². The van der Waals surface area contributed by atoms with E-state index >= 15 is 0 Å². The van der Waals surface area contributed by atoms with Crippen LogP contribution in [0.3, 0.4) is 0 Å². The molecule has 1 heterocycles.